The number of imidazole rings is 1. The Kier molecular flexibility index (Phi) is 6.87. The van der Waals surface area contributed by atoms with Crippen LogP contribution in [0.15, 0.2) is 85.1 Å². The van der Waals surface area contributed by atoms with Crippen molar-refractivity contribution >= 4 is 29.4 Å². The Hall–Kier alpha value is -3.90. The van der Waals surface area contributed by atoms with E-state index in [-0.39, 0.29) is 30.8 Å². The van der Waals surface area contributed by atoms with Gasteiger partial charge in [-0.15, -0.1) is 0 Å². The Morgan fingerprint density at radius 1 is 1.00 bits per heavy atom. The molecule has 36 heavy (non-hydrogen) atoms. The number of carbonyl (C=O) groups is 2. The van der Waals surface area contributed by atoms with Gasteiger partial charge in [0.1, 0.15) is 6.54 Å². The Morgan fingerprint density at radius 3 is 2.36 bits per heavy atom. The molecule has 1 saturated carbocycles. The average molecular weight is 499 g/mol. The van der Waals surface area contributed by atoms with Crippen LogP contribution in [0.3, 0.4) is 0 Å². The van der Waals surface area contributed by atoms with Gasteiger partial charge in [-0.05, 0) is 49.6 Å². The molecule has 0 atom stereocenters. The molecule has 2 amide bonds. The van der Waals surface area contributed by atoms with Crippen LogP contribution in [0.1, 0.15) is 24.0 Å². The molecule has 0 spiro atoms. The van der Waals surface area contributed by atoms with Crippen LogP contribution in [-0.2, 0) is 16.0 Å². The molecule has 4 aromatic rings. The van der Waals surface area contributed by atoms with Gasteiger partial charge < -0.3 is 4.90 Å². The van der Waals surface area contributed by atoms with Crippen molar-refractivity contribution < 1.29 is 9.59 Å². The zero-order valence-corrected chi connectivity index (χ0v) is 20.8. The predicted octanol–water partition coefficient (Wildman–Crippen LogP) is 5.67. The number of aryl methyl sites for hydroxylation is 1. The van der Waals surface area contributed by atoms with Crippen molar-refractivity contribution in [2.45, 2.75) is 32.2 Å². The fourth-order valence-corrected chi connectivity index (χ4v) is 4.25. The quantitative estimate of drug-likeness (QED) is 0.340. The van der Waals surface area contributed by atoms with E-state index in [1.165, 1.54) is 0 Å². The molecule has 3 aromatic carbocycles. The highest BCUT2D eigenvalue weighted by Gasteiger charge is 2.34. The van der Waals surface area contributed by atoms with Gasteiger partial charge in [-0.2, -0.15) is 0 Å². The van der Waals surface area contributed by atoms with Crippen LogP contribution in [0.4, 0.5) is 5.95 Å². The average Bonchev–Trinajstić information content (AvgIpc) is 3.64. The maximum absolute atomic E-state index is 13.2. The maximum atomic E-state index is 13.2. The second-order valence-electron chi connectivity index (χ2n) is 9.13. The van der Waals surface area contributed by atoms with Crippen LogP contribution in [-0.4, -0.2) is 38.9 Å². The van der Waals surface area contributed by atoms with E-state index in [2.05, 4.69) is 5.32 Å². The van der Waals surface area contributed by atoms with Crippen molar-refractivity contribution in [3.05, 3.63) is 101 Å². The van der Waals surface area contributed by atoms with Gasteiger partial charge in [-0.1, -0.05) is 71.8 Å². The smallest absolute Gasteiger partial charge is 0.246 e. The predicted molar refractivity (Wildman–Crippen MR) is 142 cm³/mol. The van der Waals surface area contributed by atoms with Gasteiger partial charge in [0.05, 0.1) is 12.1 Å². The summed E-state index contributed by atoms with van der Waals surface area (Å²) in [7, 11) is 0. The Balaban J connectivity index is 1.37. The topological polar surface area (TPSA) is 67.2 Å². The van der Waals surface area contributed by atoms with E-state index < -0.39 is 0 Å². The zero-order chi connectivity index (χ0) is 25.1. The molecular weight excluding hydrogens is 472 g/mol. The molecule has 1 heterocycles. The zero-order valence-electron chi connectivity index (χ0n) is 20.0. The molecule has 0 unspecified atom stereocenters. The highest BCUT2D eigenvalue weighted by atomic mass is 35.5. The van der Waals surface area contributed by atoms with Gasteiger partial charge in [0.2, 0.25) is 17.8 Å². The minimum Gasteiger partial charge on any atom is -0.330 e. The van der Waals surface area contributed by atoms with Crippen LogP contribution >= 0.6 is 11.6 Å². The highest BCUT2D eigenvalue weighted by molar-refractivity contribution is 6.30. The van der Waals surface area contributed by atoms with Crippen LogP contribution < -0.4 is 5.32 Å². The number of rotatable bonds is 8. The van der Waals surface area contributed by atoms with Gasteiger partial charge in [0.25, 0.3) is 0 Å². The summed E-state index contributed by atoms with van der Waals surface area (Å²) in [4.78, 5) is 32.6. The molecule has 6 nitrogen and oxygen atoms in total. The number of anilines is 1. The molecular formula is C29H27ClN4O2. The first-order valence-electron chi connectivity index (χ1n) is 12.0. The minimum absolute atomic E-state index is 0.00658. The number of hydrogen-bond donors (Lipinski definition) is 1. The third-order valence-electron chi connectivity index (χ3n) is 6.23. The summed E-state index contributed by atoms with van der Waals surface area (Å²) in [6.45, 7) is 2.02. The fourth-order valence-electron chi connectivity index (χ4n) is 4.13. The molecule has 1 aromatic heterocycles. The van der Waals surface area contributed by atoms with Crippen LogP contribution in [0.5, 0.6) is 0 Å². The van der Waals surface area contributed by atoms with E-state index in [4.69, 9.17) is 16.6 Å². The Labute approximate surface area is 215 Å². The number of amides is 2. The number of carbonyl (C=O) groups excluding carboxylic acids is 2. The van der Waals surface area contributed by atoms with Crippen LogP contribution in [0, 0.1) is 6.92 Å². The third-order valence-corrected chi connectivity index (χ3v) is 6.48. The summed E-state index contributed by atoms with van der Waals surface area (Å²) in [5.74, 6) is 0.0903. The number of hydrogen-bond acceptors (Lipinski definition) is 3. The standard InChI is InChI=1S/C29H27ClN4O2/c1-20-7-13-25(14-8-20)34-18-26(22-9-11-23(30)12-10-22)31-29(34)32-27(35)19-33(24-15-16-24)28(36)17-21-5-3-2-4-6-21/h2-14,18,24H,15-17,19H2,1H3,(H,31,32,35). The summed E-state index contributed by atoms with van der Waals surface area (Å²) in [5, 5.41) is 3.59. The first-order chi connectivity index (χ1) is 17.5. The lowest BCUT2D eigenvalue weighted by Crippen LogP contribution is -2.40. The van der Waals surface area contributed by atoms with Crippen molar-refractivity contribution in [1.29, 1.82) is 0 Å². The summed E-state index contributed by atoms with van der Waals surface area (Å²) < 4.78 is 1.86. The van der Waals surface area contributed by atoms with Crippen molar-refractivity contribution in [3.63, 3.8) is 0 Å². The molecule has 182 valence electrons. The lowest BCUT2D eigenvalue weighted by atomic mass is 10.1. The number of benzene rings is 3. The van der Waals surface area contributed by atoms with E-state index in [0.717, 1.165) is 35.2 Å². The molecule has 1 aliphatic carbocycles. The number of nitrogens with zero attached hydrogens (tertiary/aromatic N) is 3. The van der Waals surface area contributed by atoms with E-state index in [1.807, 2.05) is 96.6 Å². The number of halogens is 1. The molecule has 0 aliphatic heterocycles. The largest absolute Gasteiger partial charge is 0.330 e. The number of nitrogens with one attached hydrogen (secondary N) is 1. The number of aromatic nitrogens is 2. The van der Waals surface area contributed by atoms with Gasteiger partial charge in [0.15, 0.2) is 0 Å². The van der Waals surface area contributed by atoms with Gasteiger partial charge in [-0.3, -0.25) is 19.5 Å². The first-order valence-corrected chi connectivity index (χ1v) is 12.4. The minimum atomic E-state index is -0.273. The molecule has 0 radical (unpaired) electrons. The fraction of sp³-hybridized carbons (Fsp3) is 0.207. The van der Waals surface area contributed by atoms with Crippen molar-refractivity contribution in [3.8, 4) is 16.9 Å². The Morgan fingerprint density at radius 2 is 1.69 bits per heavy atom. The lowest BCUT2D eigenvalue weighted by molar-refractivity contribution is -0.134. The summed E-state index contributed by atoms with van der Waals surface area (Å²) >= 11 is 6.06. The normalized spacial score (nSPS) is 12.8. The second-order valence-corrected chi connectivity index (χ2v) is 9.56. The van der Waals surface area contributed by atoms with E-state index >= 15 is 0 Å². The summed E-state index contributed by atoms with van der Waals surface area (Å²) in [6, 6.07) is 25.1. The first kappa shape index (κ1) is 23.8. The Bertz CT molecular complexity index is 1360. The molecule has 1 fully saturated rings. The van der Waals surface area contributed by atoms with E-state index in [1.54, 1.807) is 4.90 Å². The van der Waals surface area contributed by atoms with E-state index in [9.17, 15) is 9.59 Å². The molecule has 0 saturated heterocycles. The van der Waals surface area contributed by atoms with Crippen molar-refractivity contribution in [2.24, 2.45) is 0 Å². The monoisotopic (exact) mass is 498 g/mol. The SMILES string of the molecule is Cc1ccc(-n2cc(-c3ccc(Cl)cc3)nc2NC(=O)CN(C(=O)Cc2ccccc2)C2CC2)cc1. The van der Waals surface area contributed by atoms with Gasteiger partial charge in [-0.25, -0.2) is 4.98 Å². The lowest BCUT2D eigenvalue weighted by Gasteiger charge is -2.22. The summed E-state index contributed by atoms with van der Waals surface area (Å²) in [6.07, 6.45) is 4.02. The van der Waals surface area contributed by atoms with Crippen molar-refractivity contribution in [2.75, 3.05) is 11.9 Å². The molecule has 1 N–H and O–H groups in total. The molecule has 7 heteroatoms. The van der Waals surface area contributed by atoms with Gasteiger partial charge in [0, 0.05) is 28.5 Å². The highest BCUT2D eigenvalue weighted by Crippen LogP contribution is 2.28. The third kappa shape index (κ3) is 5.66. The van der Waals surface area contributed by atoms with Crippen molar-refractivity contribution in [1.82, 2.24) is 14.5 Å². The molecule has 1 aliphatic rings. The van der Waals surface area contributed by atoms with Crippen LogP contribution in [0.2, 0.25) is 5.02 Å². The molecule has 0 bridgehead atoms. The molecule has 5 rings (SSSR count). The van der Waals surface area contributed by atoms with Gasteiger partial charge >= 0.3 is 0 Å². The maximum Gasteiger partial charge on any atom is 0.246 e. The summed E-state index contributed by atoms with van der Waals surface area (Å²) in [5.41, 5.74) is 4.55. The second kappa shape index (κ2) is 10.4. The van der Waals surface area contributed by atoms with E-state index in [0.29, 0.717) is 16.7 Å². The van der Waals surface area contributed by atoms with Crippen LogP contribution in [0.25, 0.3) is 16.9 Å².